The number of aromatic nitrogens is 2. The molecule has 1 heterocycles. The Labute approximate surface area is 81.6 Å². The Morgan fingerprint density at radius 1 is 1.54 bits per heavy atom. The molecule has 0 radical (unpaired) electrons. The Morgan fingerprint density at radius 2 is 2.46 bits per heavy atom. The van der Waals surface area contributed by atoms with Crippen LogP contribution < -0.4 is 11.1 Å². The second-order valence-corrected chi connectivity index (χ2v) is 4.35. The van der Waals surface area contributed by atoms with Gasteiger partial charge in [0.2, 0.25) is 5.13 Å². The Bertz CT molecular complexity index is 249. The number of anilines is 1. The summed E-state index contributed by atoms with van der Waals surface area (Å²) in [6, 6.07) is 0.857. The Kier molecular flexibility index (Phi) is 2.75. The monoisotopic (exact) mass is 198 g/mol. The molecule has 2 unspecified atom stereocenters. The maximum atomic E-state index is 5.88. The van der Waals surface area contributed by atoms with E-state index in [-0.39, 0.29) is 0 Å². The van der Waals surface area contributed by atoms with E-state index >= 15 is 0 Å². The maximum Gasteiger partial charge on any atom is 0.205 e. The number of nitrogens with zero attached hydrogens (tertiary/aromatic N) is 2. The highest BCUT2D eigenvalue weighted by molar-refractivity contribution is 7.13. The van der Waals surface area contributed by atoms with Gasteiger partial charge in [0.1, 0.15) is 5.51 Å². The van der Waals surface area contributed by atoms with Crippen LogP contribution in [-0.4, -0.2) is 22.3 Å². The summed E-state index contributed by atoms with van der Waals surface area (Å²) in [6.07, 6.45) is 4.64. The quantitative estimate of drug-likeness (QED) is 0.750. The van der Waals surface area contributed by atoms with Crippen LogP contribution in [-0.2, 0) is 0 Å². The van der Waals surface area contributed by atoms with Crippen LogP contribution in [0.4, 0.5) is 5.13 Å². The molecular formula is C8H14N4S. The summed E-state index contributed by atoms with van der Waals surface area (Å²) in [5.74, 6) is 0. The van der Waals surface area contributed by atoms with Crippen molar-refractivity contribution in [2.75, 3.05) is 5.32 Å². The van der Waals surface area contributed by atoms with Gasteiger partial charge < -0.3 is 11.1 Å². The van der Waals surface area contributed by atoms with E-state index in [0.717, 1.165) is 18.0 Å². The second-order valence-electron chi connectivity index (χ2n) is 3.51. The molecule has 0 saturated heterocycles. The lowest BCUT2D eigenvalue weighted by Gasteiger charge is -2.26. The number of hydrogen-bond acceptors (Lipinski definition) is 5. The van der Waals surface area contributed by atoms with Crippen molar-refractivity contribution in [3.63, 3.8) is 0 Å². The Balaban J connectivity index is 1.87. The smallest absolute Gasteiger partial charge is 0.205 e. The van der Waals surface area contributed by atoms with Gasteiger partial charge in [0.15, 0.2) is 0 Å². The Hall–Kier alpha value is -0.680. The molecule has 0 aromatic carbocycles. The summed E-state index contributed by atoms with van der Waals surface area (Å²) in [6.45, 7) is 0. The van der Waals surface area contributed by atoms with Gasteiger partial charge in [-0.15, -0.1) is 10.2 Å². The molecule has 4 nitrogen and oxygen atoms in total. The fourth-order valence-electron chi connectivity index (χ4n) is 1.77. The maximum absolute atomic E-state index is 5.88. The van der Waals surface area contributed by atoms with Crippen LogP contribution in [0.15, 0.2) is 5.51 Å². The standard InChI is InChI=1S/C8H14N4S/c9-6-2-1-3-7(4-6)11-8-12-10-5-13-8/h5-7H,1-4,9H2,(H,11,12). The first-order valence-electron chi connectivity index (χ1n) is 4.63. The van der Waals surface area contributed by atoms with Gasteiger partial charge in [0.05, 0.1) is 0 Å². The van der Waals surface area contributed by atoms with Crippen LogP contribution >= 0.6 is 11.3 Å². The molecule has 3 N–H and O–H groups in total. The first kappa shape index (κ1) is 8.90. The molecule has 1 fully saturated rings. The van der Waals surface area contributed by atoms with Crippen LogP contribution in [0.25, 0.3) is 0 Å². The molecule has 13 heavy (non-hydrogen) atoms. The SMILES string of the molecule is NC1CCCC(Nc2nncs2)C1. The summed E-state index contributed by atoms with van der Waals surface area (Å²) >= 11 is 1.54. The average Bonchev–Trinajstić information content (AvgIpc) is 2.57. The fourth-order valence-corrected chi connectivity index (χ4v) is 2.29. The van der Waals surface area contributed by atoms with Crippen molar-refractivity contribution in [3.8, 4) is 0 Å². The van der Waals surface area contributed by atoms with Gasteiger partial charge >= 0.3 is 0 Å². The van der Waals surface area contributed by atoms with Crippen LogP contribution in [0.3, 0.4) is 0 Å². The molecule has 1 aromatic heterocycles. The molecule has 5 heteroatoms. The number of nitrogens with two attached hydrogens (primary N) is 1. The molecule has 2 rings (SSSR count). The first-order chi connectivity index (χ1) is 6.34. The minimum atomic E-state index is 0.360. The van der Waals surface area contributed by atoms with Gasteiger partial charge in [-0.3, -0.25) is 0 Å². The molecule has 0 amide bonds. The summed E-state index contributed by atoms with van der Waals surface area (Å²) in [5, 5.41) is 12.0. The summed E-state index contributed by atoms with van der Waals surface area (Å²) < 4.78 is 0. The fraction of sp³-hybridized carbons (Fsp3) is 0.750. The van der Waals surface area contributed by atoms with Gasteiger partial charge in [0.25, 0.3) is 0 Å². The van der Waals surface area contributed by atoms with E-state index < -0.39 is 0 Å². The average molecular weight is 198 g/mol. The number of hydrogen-bond donors (Lipinski definition) is 2. The molecule has 0 spiro atoms. The van der Waals surface area contributed by atoms with E-state index in [1.54, 1.807) is 16.8 Å². The zero-order chi connectivity index (χ0) is 9.10. The van der Waals surface area contributed by atoms with E-state index in [2.05, 4.69) is 15.5 Å². The lowest BCUT2D eigenvalue weighted by Crippen LogP contribution is -2.34. The summed E-state index contributed by atoms with van der Waals surface area (Å²) in [7, 11) is 0. The largest absolute Gasteiger partial charge is 0.357 e. The topological polar surface area (TPSA) is 63.8 Å². The van der Waals surface area contributed by atoms with Gasteiger partial charge in [-0.1, -0.05) is 11.3 Å². The van der Waals surface area contributed by atoms with Crippen molar-refractivity contribution in [1.82, 2.24) is 10.2 Å². The molecule has 0 bridgehead atoms. The van der Waals surface area contributed by atoms with Crippen LogP contribution in [0.5, 0.6) is 0 Å². The highest BCUT2D eigenvalue weighted by atomic mass is 32.1. The van der Waals surface area contributed by atoms with Crippen molar-refractivity contribution in [3.05, 3.63) is 5.51 Å². The van der Waals surface area contributed by atoms with Gasteiger partial charge in [0, 0.05) is 12.1 Å². The normalized spacial score (nSPS) is 28.7. The van der Waals surface area contributed by atoms with E-state index in [1.807, 2.05) is 0 Å². The van der Waals surface area contributed by atoms with Crippen molar-refractivity contribution < 1.29 is 0 Å². The van der Waals surface area contributed by atoms with E-state index in [4.69, 9.17) is 5.73 Å². The molecule has 1 aliphatic rings. The van der Waals surface area contributed by atoms with Gasteiger partial charge in [-0.25, -0.2) is 0 Å². The Morgan fingerprint density at radius 3 is 3.15 bits per heavy atom. The van der Waals surface area contributed by atoms with Crippen molar-refractivity contribution in [2.24, 2.45) is 5.73 Å². The predicted molar refractivity (Wildman–Crippen MR) is 53.8 cm³/mol. The lowest BCUT2D eigenvalue weighted by molar-refractivity contribution is 0.409. The minimum absolute atomic E-state index is 0.360. The third-order valence-electron chi connectivity index (χ3n) is 2.40. The van der Waals surface area contributed by atoms with E-state index in [1.165, 1.54) is 12.8 Å². The molecule has 0 aliphatic heterocycles. The van der Waals surface area contributed by atoms with Gasteiger partial charge in [-0.05, 0) is 25.7 Å². The summed E-state index contributed by atoms with van der Waals surface area (Å²) in [5.41, 5.74) is 7.62. The highest BCUT2D eigenvalue weighted by Crippen LogP contribution is 2.21. The molecule has 1 aliphatic carbocycles. The molecule has 1 saturated carbocycles. The lowest BCUT2D eigenvalue weighted by atomic mass is 9.92. The second kappa shape index (κ2) is 4.02. The summed E-state index contributed by atoms with van der Waals surface area (Å²) in [4.78, 5) is 0. The zero-order valence-electron chi connectivity index (χ0n) is 7.44. The highest BCUT2D eigenvalue weighted by Gasteiger charge is 2.19. The van der Waals surface area contributed by atoms with Crippen molar-refractivity contribution in [2.45, 2.75) is 37.8 Å². The molecule has 72 valence electrons. The van der Waals surface area contributed by atoms with Crippen molar-refractivity contribution >= 4 is 16.5 Å². The van der Waals surface area contributed by atoms with E-state index in [0.29, 0.717) is 12.1 Å². The first-order valence-corrected chi connectivity index (χ1v) is 5.51. The van der Waals surface area contributed by atoms with Crippen LogP contribution in [0.1, 0.15) is 25.7 Å². The molecule has 1 aromatic rings. The van der Waals surface area contributed by atoms with Crippen LogP contribution in [0.2, 0.25) is 0 Å². The van der Waals surface area contributed by atoms with Crippen LogP contribution in [0, 0.1) is 0 Å². The van der Waals surface area contributed by atoms with Gasteiger partial charge in [-0.2, -0.15) is 0 Å². The predicted octanol–water partition coefficient (Wildman–Crippen LogP) is 1.22. The number of rotatable bonds is 2. The van der Waals surface area contributed by atoms with Crippen molar-refractivity contribution in [1.29, 1.82) is 0 Å². The van der Waals surface area contributed by atoms with E-state index in [9.17, 15) is 0 Å². The minimum Gasteiger partial charge on any atom is -0.357 e. The molecule has 2 atom stereocenters. The third-order valence-corrected chi connectivity index (χ3v) is 3.02. The zero-order valence-corrected chi connectivity index (χ0v) is 8.26. The third kappa shape index (κ3) is 2.38. The number of nitrogens with one attached hydrogen (secondary N) is 1. The molecular weight excluding hydrogens is 184 g/mol.